The lowest BCUT2D eigenvalue weighted by atomic mass is 9.78. The number of amides is 1. The van der Waals surface area contributed by atoms with Gasteiger partial charge in [-0.1, -0.05) is 30.3 Å². The van der Waals surface area contributed by atoms with Gasteiger partial charge in [0.1, 0.15) is 6.04 Å². The molecular formula is C17H21NO5S. The van der Waals surface area contributed by atoms with Crippen LogP contribution in [-0.4, -0.2) is 46.8 Å². The van der Waals surface area contributed by atoms with Gasteiger partial charge in [0.05, 0.1) is 18.6 Å². The third-order valence-corrected chi connectivity index (χ3v) is 4.72. The normalized spacial score (nSPS) is 26.2. The first-order chi connectivity index (χ1) is 11.4. The molecule has 1 heterocycles. The van der Waals surface area contributed by atoms with Gasteiger partial charge in [-0.05, 0) is 24.7 Å². The highest BCUT2D eigenvalue weighted by atomic mass is 32.1. The number of nitrogens with zero attached hydrogens (tertiary/aromatic N) is 1. The van der Waals surface area contributed by atoms with Crippen LogP contribution in [-0.2, 0) is 19.1 Å². The summed E-state index contributed by atoms with van der Waals surface area (Å²) in [5.41, 5.74) is -0.424. The monoisotopic (exact) mass is 351 g/mol. The van der Waals surface area contributed by atoms with E-state index in [2.05, 4.69) is 12.6 Å². The number of likely N-dealkylation sites (tertiary alicyclic amines) is 1. The van der Waals surface area contributed by atoms with Crippen molar-refractivity contribution in [3.05, 3.63) is 35.9 Å². The van der Waals surface area contributed by atoms with Crippen LogP contribution >= 0.6 is 12.6 Å². The summed E-state index contributed by atoms with van der Waals surface area (Å²) in [5, 5.41) is 9.59. The molecule has 6 nitrogen and oxygen atoms in total. The van der Waals surface area contributed by atoms with Crippen molar-refractivity contribution >= 4 is 30.5 Å². The molecule has 3 atom stereocenters. The molecule has 1 aromatic carbocycles. The Morgan fingerprint density at radius 3 is 2.46 bits per heavy atom. The number of hydrogen-bond donors (Lipinski definition) is 2. The molecule has 1 amide bonds. The molecule has 24 heavy (non-hydrogen) atoms. The molecule has 1 aliphatic heterocycles. The molecule has 0 radical (unpaired) electrons. The minimum Gasteiger partial charge on any atom is -0.480 e. The average Bonchev–Trinajstić information content (AvgIpc) is 2.90. The molecule has 130 valence electrons. The quantitative estimate of drug-likeness (QED) is 0.625. The van der Waals surface area contributed by atoms with Gasteiger partial charge in [0.25, 0.3) is 0 Å². The van der Waals surface area contributed by atoms with Crippen LogP contribution < -0.4 is 0 Å². The summed E-state index contributed by atoms with van der Waals surface area (Å²) in [4.78, 5) is 38.1. The lowest BCUT2D eigenvalue weighted by Crippen LogP contribution is -2.43. The first-order valence-corrected chi connectivity index (χ1v) is 8.28. The molecule has 1 N–H and O–H groups in total. The minimum atomic E-state index is -1.13. The smallest absolute Gasteiger partial charge is 0.326 e. The van der Waals surface area contributed by atoms with Crippen LogP contribution in [0.4, 0.5) is 0 Å². The Labute approximate surface area is 146 Å². The second kappa shape index (κ2) is 7.25. The van der Waals surface area contributed by atoms with Gasteiger partial charge < -0.3 is 14.7 Å². The average molecular weight is 351 g/mol. The van der Waals surface area contributed by atoms with Crippen molar-refractivity contribution in [2.24, 2.45) is 5.41 Å². The van der Waals surface area contributed by atoms with E-state index in [4.69, 9.17) is 4.74 Å². The van der Waals surface area contributed by atoms with Crippen LogP contribution in [0.5, 0.6) is 0 Å². The summed E-state index contributed by atoms with van der Waals surface area (Å²) in [6.45, 7) is 1.65. The molecule has 0 bridgehead atoms. The van der Waals surface area contributed by atoms with E-state index < -0.39 is 29.4 Å². The molecule has 0 saturated carbocycles. The molecular weight excluding hydrogens is 330 g/mol. The summed E-state index contributed by atoms with van der Waals surface area (Å²) in [5.74, 6) is -1.68. The predicted molar refractivity (Wildman–Crippen MR) is 90.7 cm³/mol. The third-order valence-electron chi connectivity index (χ3n) is 4.50. The van der Waals surface area contributed by atoms with Crippen molar-refractivity contribution in [1.82, 2.24) is 4.90 Å². The minimum absolute atomic E-state index is 0.00682. The van der Waals surface area contributed by atoms with Crippen LogP contribution in [0.1, 0.15) is 31.4 Å². The molecule has 0 spiro atoms. The van der Waals surface area contributed by atoms with Gasteiger partial charge in [-0.2, -0.15) is 12.6 Å². The van der Waals surface area contributed by atoms with Gasteiger partial charge in [-0.15, -0.1) is 0 Å². The number of rotatable bonds is 5. The van der Waals surface area contributed by atoms with Gasteiger partial charge in [-0.3, -0.25) is 9.59 Å². The maximum absolute atomic E-state index is 12.6. The Hall–Kier alpha value is -2.02. The SMILES string of the molecule is COC(=O)[C@@]1(C)C[C@@H](C(=O)O)N(C(=O)CCS)[C@H]1c1ccccc1. The van der Waals surface area contributed by atoms with Crippen molar-refractivity contribution in [1.29, 1.82) is 0 Å². The Bertz CT molecular complexity index is 635. The van der Waals surface area contributed by atoms with E-state index in [9.17, 15) is 19.5 Å². The number of ether oxygens (including phenoxy) is 1. The fourth-order valence-corrected chi connectivity index (χ4v) is 3.63. The van der Waals surface area contributed by atoms with Crippen molar-refractivity contribution in [2.75, 3.05) is 12.9 Å². The van der Waals surface area contributed by atoms with Crippen LogP contribution in [0.25, 0.3) is 0 Å². The standard InChI is InChI=1S/C17H21NO5S/c1-17(16(22)23-2)10-12(15(20)21)18(13(19)8-9-24)14(17)11-6-4-3-5-7-11/h3-7,12,14,24H,8-10H2,1-2H3,(H,20,21)/t12-,14-,17-/m0/s1. The number of carbonyl (C=O) groups excluding carboxylic acids is 2. The van der Waals surface area contributed by atoms with E-state index in [1.165, 1.54) is 12.0 Å². The summed E-state index contributed by atoms with van der Waals surface area (Å²) in [6.07, 6.45) is 0.111. The number of methoxy groups -OCH3 is 1. The van der Waals surface area contributed by atoms with E-state index >= 15 is 0 Å². The molecule has 7 heteroatoms. The van der Waals surface area contributed by atoms with Gasteiger partial charge in [-0.25, -0.2) is 4.79 Å². The number of aliphatic carboxylic acids is 1. The number of hydrogen-bond acceptors (Lipinski definition) is 5. The zero-order valence-corrected chi connectivity index (χ0v) is 14.5. The molecule has 1 aromatic rings. The van der Waals surface area contributed by atoms with Crippen molar-refractivity contribution in [2.45, 2.75) is 31.8 Å². The highest BCUT2D eigenvalue weighted by Gasteiger charge is 2.58. The second-order valence-corrected chi connectivity index (χ2v) is 6.50. The van der Waals surface area contributed by atoms with Crippen molar-refractivity contribution in [3.8, 4) is 0 Å². The van der Waals surface area contributed by atoms with Gasteiger partial charge in [0, 0.05) is 6.42 Å². The first-order valence-electron chi connectivity index (χ1n) is 7.65. The van der Waals surface area contributed by atoms with Gasteiger partial charge in [0.15, 0.2) is 0 Å². The number of esters is 1. The van der Waals surface area contributed by atoms with Crippen molar-refractivity contribution in [3.63, 3.8) is 0 Å². The van der Waals surface area contributed by atoms with E-state index in [1.807, 2.05) is 6.07 Å². The lowest BCUT2D eigenvalue weighted by Gasteiger charge is -2.34. The Morgan fingerprint density at radius 1 is 1.33 bits per heavy atom. The molecule has 0 aromatic heterocycles. The zero-order chi connectivity index (χ0) is 17.9. The van der Waals surface area contributed by atoms with Crippen LogP contribution in [0.3, 0.4) is 0 Å². The van der Waals surface area contributed by atoms with Crippen molar-refractivity contribution < 1.29 is 24.2 Å². The van der Waals surface area contributed by atoms with E-state index in [0.717, 1.165) is 0 Å². The predicted octanol–water partition coefficient (Wildman–Crippen LogP) is 1.91. The fraction of sp³-hybridized carbons (Fsp3) is 0.471. The molecule has 0 aliphatic carbocycles. The number of thiol groups is 1. The number of carboxylic acids is 1. The maximum atomic E-state index is 12.6. The summed E-state index contributed by atoms with van der Waals surface area (Å²) in [6, 6.07) is 7.22. The topological polar surface area (TPSA) is 83.9 Å². The highest BCUT2D eigenvalue weighted by Crippen LogP contribution is 2.51. The Morgan fingerprint density at radius 2 is 1.96 bits per heavy atom. The number of carboxylic acid groups (broad SMARTS) is 1. The zero-order valence-electron chi connectivity index (χ0n) is 13.6. The van der Waals surface area contributed by atoms with E-state index in [-0.39, 0.29) is 18.7 Å². The fourth-order valence-electron chi connectivity index (χ4n) is 3.44. The lowest BCUT2D eigenvalue weighted by molar-refractivity contribution is -0.154. The molecule has 1 fully saturated rings. The van der Waals surface area contributed by atoms with Crippen LogP contribution in [0, 0.1) is 5.41 Å². The molecule has 1 aliphatic rings. The van der Waals surface area contributed by atoms with Gasteiger partial charge in [0.2, 0.25) is 5.91 Å². The highest BCUT2D eigenvalue weighted by molar-refractivity contribution is 7.80. The van der Waals surface area contributed by atoms with Gasteiger partial charge >= 0.3 is 11.9 Å². The summed E-state index contributed by atoms with van der Waals surface area (Å²) in [7, 11) is 1.27. The van der Waals surface area contributed by atoms with E-state index in [1.54, 1.807) is 31.2 Å². The van der Waals surface area contributed by atoms with Crippen LogP contribution in [0.2, 0.25) is 0 Å². The van der Waals surface area contributed by atoms with Crippen LogP contribution in [0.15, 0.2) is 30.3 Å². The summed E-state index contributed by atoms with van der Waals surface area (Å²) < 4.78 is 4.92. The Balaban J connectivity index is 2.59. The molecule has 2 rings (SSSR count). The summed E-state index contributed by atoms with van der Waals surface area (Å²) >= 11 is 4.07. The molecule has 0 unspecified atom stereocenters. The number of carbonyl (C=O) groups is 3. The Kier molecular flexibility index (Phi) is 5.54. The largest absolute Gasteiger partial charge is 0.480 e. The number of benzene rings is 1. The molecule has 1 saturated heterocycles. The second-order valence-electron chi connectivity index (χ2n) is 6.06. The van der Waals surface area contributed by atoms with E-state index in [0.29, 0.717) is 11.3 Å². The maximum Gasteiger partial charge on any atom is 0.326 e. The third kappa shape index (κ3) is 3.13. The first kappa shape index (κ1) is 18.3.